The molecule has 1 aromatic rings. The van der Waals surface area contributed by atoms with Gasteiger partial charge in [0, 0.05) is 17.1 Å². The SMILES string of the molecule is CCC(CC(=O)O)NC(=O)/C=C/c1ccc(Cl)cc1. The number of halogens is 1. The highest BCUT2D eigenvalue weighted by Gasteiger charge is 2.12. The summed E-state index contributed by atoms with van der Waals surface area (Å²) in [5.74, 6) is -1.23. The van der Waals surface area contributed by atoms with Crippen LogP contribution in [0, 0.1) is 0 Å². The van der Waals surface area contributed by atoms with Gasteiger partial charge in [0.25, 0.3) is 0 Å². The Morgan fingerprint density at radius 2 is 2.00 bits per heavy atom. The van der Waals surface area contributed by atoms with Gasteiger partial charge < -0.3 is 10.4 Å². The van der Waals surface area contributed by atoms with E-state index in [1.807, 2.05) is 6.92 Å². The van der Waals surface area contributed by atoms with Crippen molar-refractivity contribution in [3.8, 4) is 0 Å². The first kappa shape index (κ1) is 15.2. The summed E-state index contributed by atoms with van der Waals surface area (Å²) in [7, 11) is 0. The Bertz CT molecular complexity index is 468. The van der Waals surface area contributed by atoms with E-state index in [1.165, 1.54) is 6.08 Å². The van der Waals surface area contributed by atoms with Gasteiger partial charge in [-0.1, -0.05) is 30.7 Å². The molecule has 4 nitrogen and oxygen atoms in total. The zero-order valence-corrected chi connectivity index (χ0v) is 11.4. The maximum absolute atomic E-state index is 11.6. The Kier molecular flexibility index (Phi) is 6.09. The van der Waals surface area contributed by atoms with E-state index in [4.69, 9.17) is 16.7 Å². The summed E-state index contributed by atoms with van der Waals surface area (Å²) in [5.41, 5.74) is 0.853. The van der Waals surface area contributed by atoms with Crippen LogP contribution < -0.4 is 5.32 Å². The summed E-state index contributed by atoms with van der Waals surface area (Å²) in [6.45, 7) is 1.83. The molecular weight excluding hydrogens is 266 g/mol. The molecule has 19 heavy (non-hydrogen) atoms. The van der Waals surface area contributed by atoms with Crippen molar-refractivity contribution in [2.24, 2.45) is 0 Å². The molecule has 0 heterocycles. The van der Waals surface area contributed by atoms with Crippen molar-refractivity contribution in [3.05, 3.63) is 40.9 Å². The van der Waals surface area contributed by atoms with Crippen LogP contribution >= 0.6 is 11.6 Å². The van der Waals surface area contributed by atoms with Crippen LogP contribution in [0.3, 0.4) is 0 Å². The summed E-state index contributed by atoms with van der Waals surface area (Å²) in [5, 5.41) is 12.0. The van der Waals surface area contributed by atoms with E-state index in [1.54, 1.807) is 30.3 Å². The highest BCUT2D eigenvalue weighted by molar-refractivity contribution is 6.30. The molecule has 1 amide bonds. The second-order valence-electron chi connectivity index (χ2n) is 4.10. The maximum Gasteiger partial charge on any atom is 0.305 e. The van der Waals surface area contributed by atoms with Crippen LogP contribution in [0.4, 0.5) is 0 Å². The number of carboxylic acid groups (broad SMARTS) is 1. The Morgan fingerprint density at radius 3 is 2.53 bits per heavy atom. The molecule has 2 N–H and O–H groups in total. The van der Waals surface area contributed by atoms with Gasteiger partial charge in [-0.25, -0.2) is 0 Å². The van der Waals surface area contributed by atoms with E-state index in [2.05, 4.69) is 5.32 Å². The number of carbonyl (C=O) groups is 2. The summed E-state index contributed by atoms with van der Waals surface area (Å²) in [6.07, 6.45) is 3.54. The van der Waals surface area contributed by atoms with Crippen molar-refractivity contribution >= 4 is 29.6 Å². The van der Waals surface area contributed by atoms with Gasteiger partial charge in [0.15, 0.2) is 0 Å². The van der Waals surface area contributed by atoms with E-state index in [9.17, 15) is 9.59 Å². The molecule has 1 unspecified atom stereocenters. The first-order valence-corrected chi connectivity index (χ1v) is 6.35. The number of amides is 1. The van der Waals surface area contributed by atoms with Gasteiger partial charge >= 0.3 is 5.97 Å². The number of nitrogens with one attached hydrogen (secondary N) is 1. The van der Waals surface area contributed by atoms with Gasteiger partial charge in [-0.2, -0.15) is 0 Å². The van der Waals surface area contributed by atoms with Crippen LogP contribution in [0.5, 0.6) is 0 Å². The number of hydrogen-bond donors (Lipinski definition) is 2. The minimum absolute atomic E-state index is 0.0724. The molecular formula is C14H16ClNO3. The minimum Gasteiger partial charge on any atom is -0.481 e. The van der Waals surface area contributed by atoms with Crippen LogP contribution in [0.25, 0.3) is 6.08 Å². The molecule has 1 rings (SSSR count). The molecule has 1 aromatic carbocycles. The smallest absolute Gasteiger partial charge is 0.305 e. The zero-order chi connectivity index (χ0) is 14.3. The van der Waals surface area contributed by atoms with Crippen LogP contribution in [-0.2, 0) is 9.59 Å². The van der Waals surface area contributed by atoms with Gasteiger partial charge in [0.05, 0.1) is 6.42 Å². The number of aliphatic carboxylic acids is 1. The number of hydrogen-bond acceptors (Lipinski definition) is 2. The van der Waals surface area contributed by atoms with Crippen LogP contribution in [0.15, 0.2) is 30.3 Å². The van der Waals surface area contributed by atoms with E-state index in [-0.39, 0.29) is 18.4 Å². The second kappa shape index (κ2) is 7.59. The predicted octanol–water partition coefficient (Wildman–Crippen LogP) is 2.72. The molecule has 0 spiro atoms. The van der Waals surface area contributed by atoms with Gasteiger partial charge in [-0.3, -0.25) is 9.59 Å². The van der Waals surface area contributed by atoms with Crippen LogP contribution in [0.1, 0.15) is 25.3 Å². The topological polar surface area (TPSA) is 66.4 Å². The van der Waals surface area contributed by atoms with Gasteiger partial charge in [0.2, 0.25) is 5.91 Å². The molecule has 0 fully saturated rings. The monoisotopic (exact) mass is 281 g/mol. The molecule has 0 aliphatic carbocycles. The van der Waals surface area contributed by atoms with Crippen LogP contribution in [0.2, 0.25) is 5.02 Å². The van der Waals surface area contributed by atoms with Crippen molar-refractivity contribution in [3.63, 3.8) is 0 Å². The molecule has 0 aliphatic heterocycles. The summed E-state index contributed by atoms with van der Waals surface area (Å²) in [4.78, 5) is 22.2. The average Bonchev–Trinajstić information content (AvgIpc) is 2.36. The lowest BCUT2D eigenvalue weighted by Crippen LogP contribution is -2.34. The molecule has 0 aromatic heterocycles. The molecule has 1 atom stereocenters. The van der Waals surface area contributed by atoms with E-state index >= 15 is 0 Å². The fourth-order valence-corrected chi connectivity index (χ4v) is 1.63. The second-order valence-corrected chi connectivity index (χ2v) is 4.53. The third-order valence-electron chi connectivity index (χ3n) is 2.56. The first-order chi connectivity index (χ1) is 9.01. The summed E-state index contributed by atoms with van der Waals surface area (Å²) < 4.78 is 0. The Hall–Kier alpha value is -1.81. The van der Waals surface area contributed by atoms with Crippen LogP contribution in [-0.4, -0.2) is 23.0 Å². The van der Waals surface area contributed by atoms with Crippen molar-refractivity contribution in [2.45, 2.75) is 25.8 Å². The number of rotatable bonds is 6. The van der Waals surface area contributed by atoms with E-state index in [0.717, 1.165) is 5.56 Å². The third-order valence-corrected chi connectivity index (χ3v) is 2.81. The standard InChI is InChI=1S/C14H16ClNO3/c1-2-12(9-14(18)19)16-13(17)8-5-10-3-6-11(15)7-4-10/h3-8,12H,2,9H2,1H3,(H,16,17)(H,18,19)/b8-5+. The minimum atomic E-state index is -0.922. The Morgan fingerprint density at radius 1 is 1.37 bits per heavy atom. The highest BCUT2D eigenvalue weighted by atomic mass is 35.5. The molecule has 102 valence electrons. The molecule has 0 saturated heterocycles. The fourth-order valence-electron chi connectivity index (χ4n) is 1.50. The molecule has 0 saturated carbocycles. The molecule has 0 aliphatic rings. The van der Waals surface area contributed by atoms with Crippen molar-refractivity contribution in [1.29, 1.82) is 0 Å². The van der Waals surface area contributed by atoms with E-state index in [0.29, 0.717) is 11.4 Å². The molecule has 0 radical (unpaired) electrons. The Labute approximate surface area is 117 Å². The summed E-state index contributed by atoms with van der Waals surface area (Å²) in [6, 6.07) is 6.71. The molecule has 0 bridgehead atoms. The Balaban J connectivity index is 2.54. The van der Waals surface area contributed by atoms with Crippen molar-refractivity contribution < 1.29 is 14.7 Å². The highest BCUT2D eigenvalue weighted by Crippen LogP contribution is 2.10. The van der Waals surface area contributed by atoms with Crippen molar-refractivity contribution in [2.75, 3.05) is 0 Å². The number of benzene rings is 1. The van der Waals surface area contributed by atoms with Gasteiger partial charge in [-0.05, 0) is 30.2 Å². The fraction of sp³-hybridized carbons (Fsp3) is 0.286. The van der Waals surface area contributed by atoms with Gasteiger partial charge in [-0.15, -0.1) is 0 Å². The third kappa shape index (κ3) is 6.06. The van der Waals surface area contributed by atoms with Gasteiger partial charge in [0.1, 0.15) is 0 Å². The number of carboxylic acids is 1. The molecule has 5 heteroatoms. The normalized spacial score (nSPS) is 12.3. The quantitative estimate of drug-likeness (QED) is 0.788. The maximum atomic E-state index is 11.6. The lowest BCUT2D eigenvalue weighted by molar-refractivity contribution is -0.137. The lowest BCUT2D eigenvalue weighted by Gasteiger charge is -2.12. The predicted molar refractivity (Wildman–Crippen MR) is 75.0 cm³/mol. The lowest BCUT2D eigenvalue weighted by atomic mass is 10.1. The average molecular weight is 282 g/mol. The van der Waals surface area contributed by atoms with Crippen molar-refractivity contribution in [1.82, 2.24) is 5.32 Å². The first-order valence-electron chi connectivity index (χ1n) is 5.97. The zero-order valence-electron chi connectivity index (χ0n) is 10.6. The van der Waals surface area contributed by atoms with E-state index < -0.39 is 5.97 Å². The number of carbonyl (C=O) groups excluding carboxylic acids is 1. The summed E-state index contributed by atoms with van der Waals surface area (Å²) >= 11 is 5.75. The largest absolute Gasteiger partial charge is 0.481 e.